The zero-order chi connectivity index (χ0) is 25.6. The Kier molecular flexibility index (Phi) is 6.06. The van der Waals surface area contributed by atoms with Crippen molar-refractivity contribution in [1.82, 2.24) is 29.7 Å². The van der Waals surface area contributed by atoms with Crippen molar-refractivity contribution in [3.05, 3.63) is 36.3 Å². The van der Waals surface area contributed by atoms with E-state index in [4.69, 9.17) is 4.98 Å². The smallest absolute Gasteiger partial charge is 0.268 e. The van der Waals surface area contributed by atoms with Gasteiger partial charge in [0, 0.05) is 44.3 Å². The lowest BCUT2D eigenvalue weighted by molar-refractivity contribution is 0.0876. The van der Waals surface area contributed by atoms with Crippen LogP contribution < -0.4 is 15.5 Å². The average Bonchev–Trinajstić information content (AvgIpc) is 3.51. The second-order valence-corrected chi connectivity index (χ2v) is 12.1. The number of aromatic nitrogens is 4. The molecule has 2 N–H and O–H groups in total. The maximum Gasteiger partial charge on any atom is 0.268 e. The van der Waals surface area contributed by atoms with Crippen molar-refractivity contribution in [1.29, 1.82) is 0 Å². The molecule has 0 atom stereocenters. The number of rotatable bonds is 5. The van der Waals surface area contributed by atoms with Crippen LogP contribution in [-0.2, 0) is 5.54 Å². The summed E-state index contributed by atoms with van der Waals surface area (Å²) in [5.41, 5.74) is 2.96. The van der Waals surface area contributed by atoms with Crippen LogP contribution in [0.5, 0.6) is 0 Å². The lowest BCUT2D eigenvalue weighted by Crippen LogP contribution is -2.50. The van der Waals surface area contributed by atoms with Crippen LogP contribution in [0.2, 0.25) is 0 Å². The first-order valence-corrected chi connectivity index (χ1v) is 13.7. The molecule has 196 valence electrons. The van der Waals surface area contributed by atoms with Crippen LogP contribution in [0.1, 0.15) is 63.4 Å². The lowest BCUT2D eigenvalue weighted by atomic mass is 9.92. The lowest BCUT2D eigenvalue weighted by Gasteiger charge is -2.37. The van der Waals surface area contributed by atoms with Crippen LogP contribution in [0, 0.1) is 5.41 Å². The Morgan fingerprint density at radius 2 is 1.84 bits per heavy atom. The van der Waals surface area contributed by atoms with Crippen LogP contribution in [0.4, 0.5) is 17.5 Å². The molecule has 1 spiro atoms. The molecule has 1 amide bonds. The third kappa shape index (κ3) is 4.77. The molecule has 2 aliphatic heterocycles. The number of pyridine rings is 1. The van der Waals surface area contributed by atoms with E-state index in [0.717, 1.165) is 55.7 Å². The molecule has 1 saturated carbocycles. The predicted octanol–water partition coefficient (Wildman–Crippen LogP) is 4.14. The van der Waals surface area contributed by atoms with Gasteiger partial charge in [0.15, 0.2) is 0 Å². The predicted molar refractivity (Wildman–Crippen MR) is 147 cm³/mol. The highest BCUT2D eigenvalue weighted by Gasteiger charge is 2.42. The molecule has 1 saturated heterocycles. The number of amides is 1. The number of hydrogen-bond donors (Lipinski definition) is 2. The molecule has 3 aromatic heterocycles. The summed E-state index contributed by atoms with van der Waals surface area (Å²) < 4.78 is 2.18. The van der Waals surface area contributed by atoms with Crippen molar-refractivity contribution < 1.29 is 4.79 Å². The number of nitrogens with one attached hydrogen (secondary N) is 2. The van der Waals surface area contributed by atoms with Crippen LogP contribution in [0.15, 0.2) is 30.6 Å². The van der Waals surface area contributed by atoms with Gasteiger partial charge in [0.05, 0.1) is 17.4 Å². The molecule has 0 unspecified atom stereocenters. The minimum Gasteiger partial charge on any atom is -0.368 e. The summed E-state index contributed by atoms with van der Waals surface area (Å²) in [5, 5.41) is 7.27. The Bertz CT molecular complexity index is 1280. The van der Waals surface area contributed by atoms with Crippen molar-refractivity contribution in [2.75, 3.05) is 49.5 Å². The van der Waals surface area contributed by atoms with Crippen LogP contribution in [0.25, 0.3) is 11.0 Å². The summed E-state index contributed by atoms with van der Waals surface area (Å²) in [6.07, 6.45) is 9.43. The molecule has 3 aliphatic rings. The number of carbonyl (C=O) groups is 1. The van der Waals surface area contributed by atoms with Crippen molar-refractivity contribution in [3.63, 3.8) is 0 Å². The molecule has 37 heavy (non-hydrogen) atoms. The van der Waals surface area contributed by atoms with E-state index in [1.165, 1.54) is 25.8 Å². The van der Waals surface area contributed by atoms with Crippen molar-refractivity contribution >= 4 is 34.4 Å². The second kappa shape index (κ2) is 9.28. The van der Waals surface area contributed by atoms with E-state index in [1.54, 1.807) is 6.20 Å². The van der Waals surface area contributed by atoms with E-state index in [9.17, 15) is 4.79 Å². The Labute approximate surface area is 218 Å². The van der Waals surface area contributed by atoms with Gasteiger partial charge in [-0.05, 0) is 49.4 Å². The fourth-order valence-corrected chi connectivity index (χ4v) is 6.03. The van der Waals surface area contributed by atoms with E-state index < -0.39 is 0 Å². The summed E-state index contributed by atoms with van der Waals surface area (Å²) >= 11 is 0. The molecule has 3 aromatic rings. The molecule has 5 heterocycles. The summed E-state index contributed by atoms with van der Waals surface area (Å²) in [5.74, 6) is 1.18. The molecular weight excluding hydrogens is 464 g/mol. The van der Waals surface area contributed by atoms with Gasteiger partial charge in [0.1, 0.15) is 17.2 Å². The van der Waals surface area contributed by atoms with Gasteiger partial charge in [0.2, 0.25) is 5.95 Å². The molecular formula is C28H38N8O. The van der Waals surface area contributed by atoms with Gasteiger partial charge in [-0.2, -0.15) is 4.98 Å². The van der Waals surface area contributed by atoms with Crippen molar-refractivity contribution in [3.8, 4) is 0 Å². The standard InChI is InChI=1S/C28H38N8O/c1-27(2,3)10-11-34-12-14-35(15-13-34)21-6-7-23(29-18-21)32-26-30-17-20-16-22-25(37)31-19-28(8-4-5-9-28)36(22)24(20)33-26/h6-7,16-18H,4-5,8-15,19H2,1-3H3,(H,31,37)(H,29,30,32,33). The molecule has 6 rings (SSSR count). The van der Waals surface area contributed by atoms with E-state index in [2.05, 4.69) is 61.8 Å². The first-order chi connectivity index (χ1) is 17.8. The topological polar surface area (TPSA) is 91.2 Å². The van der Waals surface area contributed by atoms with Crippen LogP contribution in [0.3, 0.4) is 0 Å². The first-order valence-electron chi connectivity index (χ1n) is 13.7. The molecule has 9 nitrogen and oxygen atoms in total. The third-order valence-electron chi connectivity index (χ3n) is 8.26. The third-order valence-corrected chi connectivity index (χ3v) is 8.26. The number of anilines is 3. The van der Waals surface area contributed by atoms with Gasteiger partial charge in [-0.25, -0.2) is 9.97 Å². The normalized spacial score (nSPS) is 19.9. The van der Waals surface area contributed by atoms with Crippen molar-refractivity contribution in [2.24, 2.45) is 5.41 Å². The molecule has 9 heteroatoms. The zero-order valence-electron chi connectivity index (χ0n) is 22.3. The molecule has 0 bridgehead atoms. The van der Waals surface area contributed by atoms with E-state index >= 15 is 0 Å². The SMILES string of the molecule is CC(C)(C)CCN1CCN(c2ccc(Nc3ncc4cc5n(c4n3)C3(CCCC3)CNC5=O)nc2)CC1. The minimum atomic E-state index is -0.0761. The Balaban J connectivity index is 1.15. The average molecular weight is 503 g/mol. The summed E-state index contributed by atoms with van der Waals surface area (Å²) in [6.45, 7) is 13.0. The summed E-state index contributed by atoms with van der Waals surface area (Å²) in [4.78, 5) is 31.6. The monoisotopic (exact) mass is 502 g/mol. The van der Waals surface area contributed by atoms with Gasteiger partial charge in [-0.1, -0.05) is 33.6 Å². The first kappa shape index (κ1) is 24.2. The highest BCUT2D eigenvalue weighted by Crippen LogP contribution is 2.41. The molecule has 0 radical (unpaired) electrons. The van der Waals surface area contributed by atoms with E-state index in [-0.39, 0.29) is 11.4 Å². The number of nitrogens with zero attached hydrogens (tertiary/aromatic N) is 6. The van der Waals surface area contributed by atoms with Crippen LogP contribution in [-0.4, -0.2) is 69.6 Å². The van der Waals surface area contributed by atoms with Crippen molar-refractivity contribution in [2.45, 2.75) is 58.4 Å². The van der Waals surface area contributed by atoms with Crippen LogP contribution >= 0.6 is 0 Å². The zero-order valence-corrected chi connectivity index (χ0v) is 22.3. The maximum atomic E-state index is 12.6. The summed E-state index contributed by atoms with van der Waals surface area (Å²) in [7, 11) is 0. The Morgan fingerprint density at radius 1 is 1.05 bits per heavy atom. The summed E-state index contributed by atoms with van der Waals surface area (Å²) in [6, 6.07) is 6.04. The fourth-order valence-electron chi connectivity index (χ4n) is 6.03. The molecule has 0 aromatic carbocycles. The van der Waals surface area contributed by atoms with Gasteiger partial charge < -0.3 is 20.1 Å². The number of hydrogen-bond acceptors (Lipinski definition) is 7. The van der Waals surface area contributed by atoms with Gasteiger partial charge in [-0.3, -0.25) is 9.69 Å². The molecule has 2 fully saturated rings. The highest BCUT2D eigenvalue weighted by atomic mass is 16.2. The number of piperazine rings is 1. The Morgan fingerprint density at radius 3 is 2.54 bits per heavy atom. The highest BCUT2D eigenvalue weighted by molar-refractivity contribution is 5.99. The fraction of sp³-hybridized carbons (Fsp3) is 0.571. The van der Waals surface area contributed by atoms with Gasteiger partial charge >= 0.3 is 0 Å². The quantitative estimate of drug-likeness (QED) is 0.542. The maximum absolute atomic E-state index is 12.6. The minimum absolute atomic E-state index is 0.0303. The van der Waals surface area contributed by atoms with E-state index in [1.807, 2.05) is 18.3 Å². The Hall–Kier alpha value is -3.20. The van der Waals surface area contributed by atoms with E-state index in [0.29, 0.717) is 29.4 Å². The van der Waals surface area contributed by atoms with Gasteiger partial charge in [-0.15, -0.1) is 0 Å². The number of fused-ring (bicyclic) bond motifs is 4. The number of carbonyl (C=O) groups excluding carboxylic acids is 1. The molecule has 1 aliphatic carbocycles. The second-order valence-electron chi connectivity index (χ2n) is 12.1. The van der Waals surface area contributed by atoms with Gasteiger partial charge in [0.25, 0.3) is 5.91 Å². The largest absolute Gasteiger partial charge is 0.368 e.